The van der Waals surface area contributed by atoms with Gasteiger partial charge in [-0.25, -0.2) is 4.98 Å². The fourth-order valence-electron chi connectivity index (χ4n) is 2.99. The molecule has 0 bridgehead atoms. The Bertz CT molecular complexity index is 773. The number of amides is 1. The Balaban J connectivity index is 1.76. The first-order chi connectivity index (χ1) is 12.5. The van der Waals surface area contributed by atoms with Gasteiger partial charge in [-0.1, -0.05) is 0 Å². The standard InChI is InChI=1S/C17H20N4O4S/c22-14-4-1-11(2-5-14)20-16-6-3-13(21(24)25)7-15(16)17(23)18-8-12-9-26-10-19-12/h3,6-7,9-11,14,20,22H,1-2,4-5,8H2,(H,18,23)/t11-,14+. The van der Waals surface area contributed by atoms with Crippen molar-refractivity contribution in [3.63, 3.8) is 0 Å². The normalized spacial score (nSPS) is 19.7. The maximum atomic E-state index is 12.6. The molecule has 1 aliphatic rings. The number of nitro groups is 1. The average molecular weight is 376 g/mol. The van der Waals surface area contributed by atoms with Crippen LogP contribution in [0.3, 0.4) is 0 Å². The molecule has 0 unspecified atom stereocenters. The van der Waals surface area contributed by atoms with Crippen LogP contribution in [0.15, 0.2) is 29.1 Å². The summed E-state index contributed by atoms with van der Waals surface area (Å²) in [6, 6.07) is 4.37. The van der Waals surface area contributed by atoms with E-state index in [1.807, 2.05) is 5.38 Å². The molecule has 8 nitrogen and oxygen atoms in total. The van der Waals surface area contributed by atoms with E-state index in [1.54, 1.807) is 11.6 Å². The number of rotatable bonds is 6. The molecule has 3 N–H and O–H groups in total. The van der Waals surface area contributed by atoms with Crippen molar-refractivity contribution < 1.29 is 14.8 Å². The Kier molecular flexibility index (Phi) is 5.79. The van der Waals surface area contributed by atoms with Crippen LogP contribution >= 0.6 is 11.3 Å². The Morgan fingerprint density at radius 2 is 2.12 bits per heavy atom. The number of aliphatic hydroxyl groups is 1. The van der Waals surface area contributed by atoms with Crippen molar-refractivity contribution in [2.45, 2.75) is 44.4 Å². The Morgan fingerprint density at radius 1 is 1.35 bits per heavy atom. The number of hydrogen-bond donors (Lipinski definition) is 3. The topological polar surface area (TPSA) is 117 Å². The smallest absolute Gasteiger partial charge is 0.270 e. The van der Waals surface area contributed by atoms with E-state index < -0.39 is 4.92 Å². The zero-order valence-electron chi connectivity index (χ0n) is 14.1. The van der Waals surface area contributed by atoms with Crippen LogP contribution in [-0.4, -0.2) is 33.1 Å². The van der Waals surface area contributed by atoms with Gasteiger partial charge in [0.2, 0.25) is 0 Å². The summed E-state index contributed by atoms with van der Waals surface area (Å²) >= 11 is 1.44. The van der Waals surface area contributed by atoms with Crippen LogP contribution in [-0.2, 0) is 6.54 Å². The van der Waals surface area contributed by atoms with Crippen molar-refractivity contribution in [1.29, 1.82) is 0 Å². The van der Waals surface area contributed by atoms with Gasteiger partial charge in [0.05, 0.1) is 34.3 Å². The second-order valence-corrected chi connectivity index (χ2v) is 7.02. The van der Waals surface area contributed by atoms with E-state index in [0.29, 0.717) is 18.5 Å². The molecule has 26 heavy (non-hydrogen) atoms. The van der Waals surface area contributed by atoms with E-state index in [1.165, 1.54) is 23.5 Å². The summed E-state index contributed by atoms with van der Waals surface area (Å²) in [7, 11) is 0. The summed E-state index contributed by atoms with van der Waals surface area (Å²) in [4.78, 5) is 27.3. The Hall–Kier alpha value is -2.52. The first kappa shape index (κ1) is 18.3. The third-order valence-corrected chi connectivity index (χ3v) is 5.06. The lowest BCUT2D eigenvalue weighted by Gasteiger charge is -2.27. The summed E-state index contributed by atoms with van der Waals surface area (Å²) < 4.78 is 0. The van der Waals surface area contributed by atoms with Gasteiger partial charge in [-0.3, -0.25) is 14.9 Å². The quantitative estimate of drug-likeness (QED) is 0.527. The van der Waals surface area contributed by atoms with E-state index >= 15 is 0 Å². The van der Waals surface area contributed by atoms with E-state index in [9.17, 15) is 20.0 Å². The van der Waals surface area contributed by atoms with Crippen molar-refractivity contribution >= 4 is 28.6 Å². The minimum Gasteiger partial charge on any atom is -0.393 e. The molecule has 1 amide bonds. The van der Waals surface area contributed by atoms with Crippen LogP contribution in [0.1, 0.15) is 41.7 Å². The van der Waals surface area contributed by atoms with Crippen LogP contribution in [0.5, 0.6) is 0 Å². The summed E-state index contributed by atoms with van der Waals surface area (Å²) in [5.41, 5.74) is 3.09. The van der Waals surface area contributed by atoms with Gasteiger partial charge >= 0.3 is 0 Å². The highest BCUT2D eigenvalue weighted by molar-refractivity contribution is 7.07. The van der Waals surface area contributed by atoms with E-state index in [2.05, 4.69) is 15.6 Å². The zero-order valence-corrected chi connectivity index (χ0v) is 14.9. The van der Waals surface area contributed by atoms with Crippen molar-refractivity contribution in [3.05, 3.63) is 50.5 Å². The van der Waals surface area contributed by atoms with Gasteiger partial charge in [-0.15, -0.1) is 11.3 Å². The minimum atomic E-state index is -0.516. The summed E-state index contributed by atoms with van der Waals surface area (Å²) in [6.45, 7) is 0.264. The van der Waals surface area contributed by atoms with Gasteiger partial charge in [0.25, 0.3) is 11.6 Å². The molecule has 2 aromatic rings. The molecule has 138 valence electrons. The predicted molar refractivity (Wildman–Crippen MR) is 98.3 cm³/mol. The van der Waals surface area contributed by atoms with Crippen molar-refractivity contribution in [1.82, 2.24) is 10.3 Å². The van der Waals surface area contributed by atoms with Crippen LogP contribution in [0.4, 0.5) is 11.4 Å². The second kappa shape index (κ2) is 8.24. The third kappa shape index (κ3) is 4.55. The monoisotopic (exact) mass is 376 g/mol. The summed E-state index contributed by atoms with van der Waals surface area (Å²) in [5.74, 6) is -0.389. The van der Waals surface area contributed by atoms with Gasteiger partial charge in [-0.2, -0.15) is 0 Å². The van der Waals surface area contributed by atoms with Crippen molar-refractivity contribution in [2.75, 3.05) is 5.32 Å². The number of nitrogens with zero attached hydrogens (tertiary/aromatic N) is 2. The predicted octanol–water partition coefficient (Wildman–Crippen LogP) is 2.70. The number of aliphatic hydroxyl groups excluding tert-OH is 1. The molecule has 1 aromatic carbocycles. The maximum Gasteiger partial charge on any atom is 0.270 e. The Morgan fingerprint density at radius 3 is 2.77 bits per heavy atom. The SMILES string of the molecule is O=C(NCc1cscn1)c1cc([N+](=O)[O-])ccc1N[C@H]1CC[C@@H](O)CC1. The number of aromatic nitrogens is 1. The van der Waals surface area contributed by atoms with Gasteiger partial charge in [0.15, 0.2) is 0 Å². The van der Waals surface area contributed by atoms with E-state index in [0.717, 1.165) is 18.5 Å². The lowest BCUT2D eigenvalue weighted by molar-refractivity contribution is -0.384. The molecular weight excluding hydrogens is 356 g/mol. The van der Waals surface area contributed by atoms with Crippen molar-refractivity contribution in [3.8, 4) is 0 Å². The molecule has 0 radical (unpaired) electrons. The second-order valence-electron chi connectivity index (χ2n) is 6.30. The van der Waals surface area contributed by atoms with Gasteiger partial charge in [0, 0.05) is 29.2 Å². The van der Waals surface area contributed by atoms with Gasteiger partial charge in [0.1, 0.15) is 0 Å². The molecule has 1 aliphatic carbocycles. The van der Waals surface area contributed by atoms with Gasteiger partial charge in [-0.05, 0) is 31.7 Å². The number of nitro benzene ring substituents is 1. The lowest BCUT2D eigenvalue weighted by atomic mass is 9.92. The summed E-state index contributed by atoms with van der Waals surface area (Å²) in [5, 5.41) is 28.6. The number of thiazole rings is 1. The zero-order chi connectivity index (χ0) is 18.5. The van der Waals surface area contributed by atoms with Crippen molar-refractivity contribution in [2.24, 2.45) is 0 Å². The van der Waals surface area contributed by atoms with Crippen LogP contribution < -0.4 is 10.6 Å². The summed E-state index contributed by atoms with van der Waals surface area (Å²) in [6.07, 6.45) is 2.72. The molecule has 1 fully saturated rings. The number of non-ortho nitro benzene ring substituents is 1. The molecule has 0 saturated heterocycles. The number of nitrogens with one attached hydrogen (secondary N) is 2. The number of benzene rings is 1. The molecular formula is C17H20N4O4S. The van der Waals surface area contributed by atoms with E-state index in [4.69, 9.17) is 0 Å². The lowest BCUT2D eigenvalue weighted by Crippen LogP contribution is -2.30. The van der Waals surface area contributed by atoms with E-state index in [-0.39, 0.29) is 35.8 Å². The fraction of sp³-hybridized carbons (Fsp3) is 0.412. The molecule has 0 spiro atoms. The maximum absolute atomic E-state index is 12.6. The molecule has 3 rings (SSSR count). The first-order valence-corrected chi connectivity index (χ1v) is 9.35. The fourth-order valence-corrected chi connectivity index (χ4v) is 3.55. The molecule has 9 heteroatoms. The highest BCUT2D eigenvalue weighted by atomic mass is 32.1. The first-order valence-electron chi connectivity index (χ1n) is 8.41. The van der Waals surface area contributed by atoms with Gasteiger partial charge < -0.3 is 15.7 Å². The van der Waals surface area contributed by atoms with Crippen LogP contribution in [0.2, 0.25) is 0 Å². The highest BCUT2D eigenvalue weighted by Crippen LogP contribution is 2.27. The molecule has 1 aromatic heterocycles. The third-order valence-electron chi connectivity index (χ3n) is 4.43. The molecule has 0 aliphatic heterocycles. The minimum absolute atomic E-state index is 0.130. The number of anilines is 1. The number of hydrogen-bond acceptors (Lipinski definition) is 7. The average Bonchev–Trinajstić information content (AvgIpc) is 3.15. The number of carbonyl (C=O) groups excluding carboxylic acids is 1. The number of carbonyl (C=O) groups is 1. The molecule has 1 heterocycles. The molecule has 1 saturated carbocycles. The highest BCUT2D eigenvalue weighted by Gasteiger charge is 2.22. The molecule has 0 atom stereocenters. The van der Waals surface area contributed by atoms with Crippen LogP contribution in [0, 0.1) is 10.1 Å². The van der Waals surface area contributed by atoms with Crippen LogP contribution in [0.25, 0.3) is 0 Å². The largest absolute Gasteiger partial charge is 0.393 e. The Labute approximate surface area is 154 Å².